The molecule has 0 fully saturated rings. The van der Waals surface area contributed by atoms with Crippen molar-refractivity contribution in [3.63, 3.8) is 0 Å². The molecule has 0 heterocycles. The second-order valence-corrected chi connectivity index (χ2v) is 6.48. The molecule has 0 radical (unpaired) electrons. The Morgan fingerprint density at radius 1 is 1.32 bits per heavy atom. The van der Waals surface area contributed by atoms with Gasteiger partial charge in [-0.05, 0) is 50.8 Å². The molecule has 0 spiro atoms. The number of ketones is 1. The van der Waals surface area contributed by atoms with Crippen LogP contribution in [0.4, 0.5) is 4.79 Å². The van der Waals surface area contributed by atoms with E-state index in [2.05, 4.69) is 5.32 Å². The lowest BCUT2D eigenvalue weighted by molar-refractivity contribution is 0.0534. The molecule has 0 atom stereocenters. The topological polar surface area (TPSA) is 55.4 Å². The lowest BCUT2D eigenvalue weighted by Gasteiger charge is -2.19. The first-order valence-corrected chi connectivity index (χ1v) is 7.65. The molecule has 0 aromatic heterocycles. The zero-order valence-corrected chi connectivity index (χ0v) is 13.4. The second kappa shape index (κ2) is 6.77. The third kappa shape index (κ3) is 4.72. The number of benzene rings is 1. The molecule has 1 aromatic rings. The van der Waals surface area contributed by atoms with Crippen LogP contribution < -0.4 is 5.32 Å². The Bertz CT molecular complexity index is 597. The third-order valence-corrected chi connectivity index (χ3v) is 3.36. The van der Waals surface area contributed by atoms with Gasteiger partial charge in [0.2, 0.25) is 0 Å². The zero-order valence-electron chi connectivity index (χ0n) is 13.4. The molecule has 0 aliphatic heterocycles. The van der Waals surface area contributed by atoms with Gasteiger partial charge in [-0.2, -0.15) is 0 Å². The number of nitrogens with one attached hydrogen (secondary N) is 1. The van der Waals surface area contributed by atoms with Crippen LogP contribution in [-0.4, -0.2) is 24.0 Å². The summed E-state index contributed by atoms with van der Waals surface area (Å²) in [6.45, 7) is 5.87. The standard InChI is InChI=1S/C18H23NO3/c1-18(2,3)22-17(21)19-11-5-6-13-9-10-14-7-4-8-16(20)15(14)12-13/h5-6,9-10,12H,4,7-8,11H2,1-3H3,(H,19,21). The summed E-state index contributed by atoms with van der Waals surface area (Å²) in [6.07, 6.45) is 5.88. The number of ether oxygens (including phenoxy) is 1. The van der Waals surface area contributed by atoms with Gasteiger partial charge >= 0.3 is 6.09 Å². The highest BCUT2D eigenvalue weighted by molar-refractivity contribution is 5.98. The van der Waals surface area contributed by atoms with Crippen molar-refractivity contribution in [1.29, 1.82) is 0 Å². The number of fused-ring (bicyclic) bond motifs is 1. The molecular formula is C18H23NO3. The fourth-order valence-corrected chi connectivity index (χ4v) is 2.40. The number of carbonyl (C=O) groups is 2. The highest BCUT2D eigenvalue weighted by Gasteiger charge is 2.17. The third-order valence-electron chi connectivity index (χ3n) is 3.36. The summed E-state index contributed by atoms with van der Waals surface area (Å²) in [7, 11) is 0. The number of alkyl carbamates (subject to hydrolysis) is 1. The van der Waals surface area contributed by atoms with E-state index in [1.165, 1.54) is 0 Å². The molecule has 1 aromatic carbocycles. The molecule has 4 nitrogen and oxygen atoms in total. The number of hydrogen-bond acceptors (Lipinski definition) is 3. The molecule has 2 rings (SSSR count). The second-order valence-electron chi connectivity index (χ2n) is 6.48. The summed E-state index contributed by atoms with van der Waals surface area (Å²) in [4.78, 5) is 23.4. The number of aryl methyl sites for hydroxylation is 1. The average Bonchev–Trinajstić information content (AvgIpc) is 2.42. The van der Waals surface area contributed by atoms with Gasteiger partial charge in [0, 0.05) is 18.5 Å². The van der Waals surface area contributed by atoms with Gasteiger partial charge in [0.25, 0.3) is 0 Å². The van der Waals surface area contributed by atoms with Gasteiger partial charge in [0.1, 0.15) is 5.60 Å². The minimum Gasteiger partial charge on any atom is -0.444 e. The molecule has 0 unspecified atom stereocenters. The van der Waals surface area contributed by atoms with Crippen molar-refractivity contribution in [1.82, 2.24) is 5.32 Å². The highest BCUT2D eigenvalue weighted by Crippen LogP contribution is 2.22. The molecule has 1 aliphatic rings. The monoisotopic (exact) mass is 301 g/mol. The van der Waals surface area contributed by atoms with E-state index in [1.807, 2.05) is 51.1 Å². The Balaban J connectivity index is 1.90. The van der Waals surface area contributed by atoms with Crippen molar-refractivity contribution in [2.45, 2.75) is 45.6 Å². The number of carbonyl (C=O) groups excluding carboxylic acids is 2. The summed E-state index contributed by atoms with van der Waals surface area (Å²) in [5.41, 5.74) is 2.46. The van der Waals surface area contributed by atoms with E-state index < -0.39 is 11.7 Å². The summed E-state index contributed by atoms with van der Waals surface area (Å²) in [5, 5.41) is 2.67. The Morgan fingerprint density at radius 3 is 2.82 bits per heavy atom. The van der Waals surface area contributed by atoms with E-state index >= 15 is 0 Å². The van der Waals surface area contributed by atoms with Crippen molar-refractivity contribution in [2.24, 2.45) is 0 Å². The van der Waals surface area contributed by atoms with E-state index in [0.717, 1.165) is 29.5 Å². The maximum absolute atomic E-state index is 11.9. The fourth-order valence-electron chi connectivity index (χ4n) is 2.40. The number of Topliss-reactive ketones (excluding diaryl/α,β-unsaturated/α-hetero) is 1. The van der Waals surface area contributed by atoms with Crippen LogP contribution >= 0.6 is 0 Å². The molecule has 0 saturated carbocycles. The minimum atomic E-state index is -0.493. The normalized spacial score (nSPS) is 14.8. The lowest BCUT2D eigenvalue weighted by Crippen LogP contribution is -2.32. The Kier molecular flexibility index (Phi) is 5.01. The SMILES string of the molecule is CC(C)(C)OC(=O)NCC=Cc1ccc2c(c1)C(=O)CCC2. The molecule has 4 heteroatoms. The average molecular weight is 301 g/mol. The van der Waals surface area contributed by atoms with Crippen LogP contribution in [0.2, 0.25) is 0 Å². The van der Waals surface area contributed by atoms with Gasteiger partial charge in [-0.1, -0.05) is 24.3 Å². The number of rotatable bonds is 3. The first-order chi connectivity index (χ1) is 10.3. The summed E-state index contributed by atoms with van der Waals surface area (Å²) < 4.78 is 5.15. The van der Waals surface area contributed by atoms with Crippen molar-refractivity contribution >= 4 is 18.0 Å². The molecule has 118 valence electrons. The van der Waals surface area contributed by atoms with Gasteiger partial charge in [0.15, 0.2) is 5.78 Å². The van der Waals surface area contributed by atoms with Crippen molar-refractivity contribution in [3.8, 4) is 0 Å². The predicted octanol–water partition coefficient (Wildman–Crippen LogP) is 3.74. The number of hydrogen-bond donors (Lipinski definition) is 1. The van der Waals surface area contributed by atoms with Gasteiger partial charge < -0.3 is 10.1 Å². The number of amides is 1. The maximum Gasteiger partial charge on any atom is 0.407 e. The quantitative estimate of drug-likeness (QED) is 0.925. The van der Waals surface area contributed by atoms with Crippen molar-refractivity contribution in [2.75, 3.05) is 6.54 Å². The fraction of sp³-hybridized carbons (Fsp3) is 0.444. The molecule has 1 amide bonds. The van der Waals surface area contributed by atoms with E-state index in [1.54, 1.807) is 0 Å². The Labute approximate surface area is 131 Å². The first kappa shape index (κ1) is 16.3. The summed E-state index contributed by atoms with van der Waals surface area (Å²) in [6, 6.07) is 5.95. The van der Waals surface area contributed by atoms with Gasteiger partial charge in [-0.15, -0.1) is 0 Å². The van der Waals surface area contributed by atoms with Gasteiger partial charge in [-0.3, -0.25) is 4.79 Å². The van der Waals surface area contributed by atoms with E-state index in [4.69, 9.17) is 4.74 Å². The van der Waals surface area contributed by atoms with E-state index in [9.17, 15) is 9.59 Å². The van der Waals surface area contributed by atoms with Crippen molar-refractivity contribution in [3.05, 3.63) is 41.0 Å². The smallest absolute Gasteiger partial charge is 0.407 e. The van der Waals surface area contributed by atoms with Gasteiger partial charge in [-0.25, -0.2) is 4.79 Å². The predicted molar refractivity (Wildman–Crippen MR) is 87.0 cm³/mol. The van der Waals surface area contributed by atoms with Crippen LogP contribution in [0.25, 0.3) is 6.08 Å². The van der Waals surface area contributed by atoms with E-state index in [-0.39, 0.29) is 5.78 Å². The summed E-state index contributed by atoms with van der Waals surface area (Å²) >= 11 is 0. The molecule has 22 heavy (non-hydrogen) atoms. The van der Waals surface area contributed by atoms with Crippen LogP contribution in [0, 0.1) is 0 Å². The summed E-state index contributed by atoms with van der Waals surface area (Å²) in [5.74, 6) is 0.225. The van der Waals surface area contributed by atoms with Gasteiger partial charge in [0.05, 0.1) is 0 Å². The molecular weight excluding hydrogens is 278 g/mol. The molecule has 0 saturated heterocycles. The Hall–Kier alpha value is -2.10. The van der Waals surface area contributed by atoms with Crippen LogP contribution in [0.5, 0.6) is 0 Å². The largest absolute Gasteiger partial charge is 0.444 e. The minimum absolute atomic E-state index is 0.225. The maximum atomic E-state index is 11.9. The van der Waals surface area contributed by atoms with Crippen LogP contribution in [0.1, 0.15) is 55.1 Å². The molecule has 0 bridgehead atoms. The highest BCUT2D eigenvalue weighted by atomic mass is 16.6. The van der Waals surface area contributed by atoms with Crippen LogP contribution in [0.15, 0.2) is 24.3 Å². The van der Waals surface area contributed by atoms with Crippen LogP contribution in [0.3, 0.4) is 0 Å². The molecule has 1 N–H and O–H groups in total. The Morgan fingerprint density at radius 2 is 2.09 bits per heavy atom. The molecule has 1 aliphatic carbocycles. The zero-order chi connectivity index (χ0) is 16.2. The van der Waals surface area contributed by atoms with E-state index in [0.29, 0.717) is 13.0 Å². The van der Waals surface area contributed by atoms with Crippen LogP contribution in [-0.2, 0) is 11.2 Å². The first-order valence-electron chi connectivity index (χ1n) is 7.65. The lowest BCUT2D eigenvalue weighted by atomic mass is 9.89. The van der Waals surface area contributed by atoms with Crippen molar-refractivity contribution < 1.29 is 14.3 Å².